The number of ketones is 1. The predicted octanol–water partition coefficient (Wildman–Crippen LogP) is 6.59. The zero-order valence-corrected chi connectivity index (χ0v) is 16.0. The number of rotatable bonds is 4. The molecule has 158 valence electrons. The molecule has 1 heterocycles. The number of halogens is 4. The second kappa shape index (κ2) is 7.78. The van der Waals surface area contributed by atoms with E-state index in [0.717, 1.165) is 17.7 Å². The highest BCUT2D eigenvalue weighted by molar-refractivity contribution is 6.07. The van der Waals surface area contributed by atoms with Crippen molar-refractivity contribution in [3.8, 4) is 11.5 Å². The fraction of sp³-hybridized carbons (Fsp3) is 0.348. The van der Waals surface area contributed by atoms with Crippen LogP contribution in [0.3, 0.4) is 0 Å². The van der Waals surface area contributed by atoms with Crippen LogP contribution in [0.4, 0.5) is 17.6 Å². The van der Waals surface area contributed by atoms with Gasteiger partial charge in [0.05, 0.1) is 0 Å². The molecule has 2 aromatic carbocycles. The van der Waals surface area contributed by atoms with E-state index in [1.807, 2.05) is 12.1 Å². The van der Waals surface area contributed by atoms with E-state index < -0.39 is 29.5 Å². The van der Waals surface area contributed by atoms with Gasteiger partial charge in [0, 0.05) is 5.56 Å². The molecule has 0 saturated heterocycles. The van der Waals surface area contributed by atoms with Gasteiger partial charge >= 0.3 is 12.2 Å². The van der Waals surface area contributed by atoms with Gasteiger partial charge in [-0.3, -0.25) is 4.79 Å². The van der Waals surface area contributed by atoms with Crippen LogP contribution in [0.2, 0.25) is 0 Å². The molecule has 3 nitrogen and oxygen atoms in total. The minimum absolute atomic E-state index is 0.0217. The standard InChI is InChI=1S/C23H20F4O3/c24-22(25)23(26,27)30-21-14-18(11-13-20(21)29-22)19(28)12-8-15-6-9-17(10-7-15)16-4-2-1-3-5-16/h6-14,16H,1-5H2/b12-8+. The number of fused-ring (bicyclic) bond motifs is 1. The van der Waals surface area contributed by atoms with E-state index in [1.54, 1.807) is 6.08 Å². The average molecular weight is 420 g/mol. The molecule has 0 bridgehead atoms. The van der Waals surface area contributed by atoms with Gasteiger partial charge < -0.3 is 9.47 Å². The zero-order valence-electron chi connectivity index (χ0n) is 16.0. The first-order valence-electron chi connectivity index (χ1n) is 9.85. The van der Waals surface area contributed by atoms with Gasteiger partial charge in [-0.25, -0.2) is 0 Å². The lowest BCUT2D eigenvalue weighted by Gasteiger charge is -2.31. The number of carbonyl (C=O) groups is 1. The molecule has 0 atom stereocenters. The van der Waals surface area contributed by atoms with Gasteiger partial charge in [0.15, 0.2) is 17.3 Å². The number of allylic oxidation sites excluding steroid dienone is 1. The number of ether oxygens (including phenoxy) is 2. The fourth-order valence-electron chi connectivity index (χ4n) is 3.80. The largest absolute Gasteiger partial charge is 0.507 e. The molecular weight excluding hydrogens is 400 g/mol. The Morgan fingerprint density at radius 2 is 1.50 bits per heavy atom. The Labute approximate surface area is 171 Å². The Morgan fingerprint density at radius 3 is 2.17 bits per heavy atom. The maximum atomic E-state index is 13.3. The molecule has 1 saturated carbocycles. The summed E-state index contributed by atoms with van der Waals surface area (Å²) in [5.41, 5.74) is 2.14. The van der Waals surface area contributed by atoms with E-state index in [9.17, 15) is 22.4 Å². The summed E-state index contributed by atoms with van der Waals surface area (Å²) in [4.78, 5) is 12.4. The van der Waals surface area contributed by atoms with Crippen LogP contribution in [0.15, 0.2) is 48.5 Å². The van der Waals surface area contributed by atoms with E-state index in [2.05, 4.69) is 21.6 Å². The average Bonchev–Trinajstić information content (AvgIpc) is 2.73. The summed E-state index contributed by atoms with van der Waals surface area (Å²) in [5.74, 6) is -1.05. The van der Waals surface area contributed by atoms with E-state index >= 15 is 0 Å². The van der Waals surface area contributed by atoms with E-state index in [4.69, 9.17) is 0 Å². The van der Waals surface area contributed by atoms with Crippen molar-refractivity contribution in [2.45, 2.75) is 50.2 Å². The number of hydrogen-bond acceptors (Lipinski definition) is 3. The van der Waals surface area contributed by atoms with Crippen LogP contribution in [-0.2, 0) is 0 Å². The lowest BCUT2D eigenvalue weighted by atomic mass is 9.84. The summed E-state index contributed by atoms with van der Waals surface area (Å²) in [6.07, 6.45) is -0.502. The SMILES string of the molecule is O=C(/C=C/c1ccc(C2CCCCC2)cc1)c1ccc2c(c1)OC(F)(F)C(F)(F)O2. The zero-order chi connectivity index (χ0) is 21.4. The Morgan fingerprint density at radius 1 is 0.867 bits per heavy atom. The predicted molar refractivity (Wildman–Crippen MR) is 103 cm³/mol. The third kappa shape index (κ3) is 4.06. The molecule has 7 heteroatoms. The molecule has 0 amide bonds. The first-order valence-corrected chi connectivity index (χ1v) is 9.85. The Bertz CT molecular complexity index is 961. The van der Waals surface area contributed by atoms with Crippen LogP contribution in [0.5, 0.6) is 11.5 Å². The van der Waals surface area contributed by atoms with Gasteiger partial charge in [0.2, 0.25) is 0 Å². The van der Waals surface area contributed by atoms with Crippen molar-refractivity contribution < 1.29 is 31.8 Å². The van der Waals surface area contributed by atoms with Gasteiger partial charge in [-0.05, 0) is 54.2 Å². The number of alkyl halides is 4. The Hall–Kier alpha value is -2.83. The fourth-order valence-corrected chi connectivity index (χ4v) is 3.80. The molecule has 4 rings (SSSR count). The molecule has 0 spiro atoms. The van der Waals surface area contributed by atoms with Crippen molar-refractivity contribution in [1.29, 1.82) is 0 Å². The maximum absolute atomic E-state index is 13.3. The molecule has 1 aliphatic carbocycles. The van der Waals surface area contributed by atoms with E-state index in [1.165, 1.54) is 49.8 Å². The first kappa shape index (κ1) is 20.4. The highest BCUT2D eigenvalue weighted by Crippen LogP contribution is 2.47. The van der Waals surface area contributed by atoms with Crippen molar-refractivity contribution >= 4 is 11.9 Å². The van der Waals surface area contributed by atoms with Gasteiger partial charge in [0.1, 0.15) is 0 Å². The van der Waals surface area contributed by atoms with Gasteiger partial charge in [-0.15, -0.1) is 0 Å². The van der Waals surface area contributed by atoms with Gasteiger partial charge in [0.25, 0.3) is 0 Å². The second-order valence-corrected chi connectivity index (χ2v) is 7.60. The monoisotopic (exact) mass is 420 g/mol. The van der Waals surface area contributed by atoms with Crippen molar-refractivity contribution in [1.82, 2.24) is 0 Å². The van der Waals surface area contributed by atoms with Crippen LogP contribution >= 0.6 is 0 Å². The van der Waals surface area contributed by atoms with Gasteiger partial charge in [-0.2, -0.15) is 17.6 Å². The number of hydrogen-bond donors (Lipinski definition) is 0. The summed E-state index contributed by atoms with van der Waals surface area (Å²) in [6.45, 7) is 0. The molecule has 0 unspecified atom stereocenters. The Kier molecular flexibility index (Phi) is 5.30. The lowest BCUT2D eigenvalue weighted by Crippen LogP contribution is -2.52. The minimum Gasteiger partial charge on any atom is -0.421 e. The molecule has 0 radical (unpaired) electrons. The summed E-state index contributed by atoms with van der Waals surface area (Å²) in [7, 11) is 0. The Balaban J connectivity index is 1.46. The highest BCUT2D eigenvalue weighted by atomic mass is 19.3. The topological polar surface area (TPSA) is 35.5 Å². The molecule has 1 aliphatic heterocycles. The minimum atomic E-state index is -4.82. The number of benzene rings is 2. The normalized spacial score (nSPS) is 20.3. The quantitative estimate of drug-likeness (QED) is 0.318. The molecule has 30 heavy (non-hydrogen) atoms. The van der Waals surface area contributed by atoms with Crippen LogP contribution < -0.4 is 9.47 Å². The third-order valence-corrected chi connectivity index (χ3v) is 5.48. The van der Waals surface area contributed by atoms with Crippen molar-refractivity contribution in [3.63, 3.8) is 0 Å². The van der Waals surface area contributed by atoms with Crippen molar-refractivity contribution in [2.24, 2.45) is 0 Å². The maximum Gasteiger partial charge on any atom is 0.507 e. The lowest BCUT2D eigenvalue weighted by molar-refractivity contribution is -0.391. The molecular formula is C23H20F4O3. The molecule has 0 N–H and O–H groups in total. The van der Waals surface area contributed by atoms with E-state index in [0.29, 0.717) is 5.92 Å². The van der Waals surface area contributed by atoms with Crippen molar-refractivity contribution in [2.75, 3.05) is 0 Å². The molecule has 1 fully saturated rings. The second-order valence-electron chi connectivity index (χ2n) is 7.60. The van der Waals surface area contributed by atoms with Crippen molar-refractivity contribution in [3.05, 3.63) is 65.2 Å². The molecule has 2 aromatic rings. The van der Waals surface area contributed by atoms with Crippen LogP contribution in [0.25, 0.3) is 6.08 Å². The van der Waals surface area contributed by atoms with Crippen LogP contribution in [0, 0.1) is 0 Å². The highest BCUT2D eigenvalue weighted by Gasteiger charge is 2.65. The summed E-state index contributed by atoms with van der Waals surface area (Å²) < 4.78 is 61.2. The first-order chi connectivity index (χ1) is 14.2. The van der Waals surface area contributed by atoms with Crippen LogP contribution in [0.1, 0.15) is 59.5 Å². The van der Waals surface area contributed by atoms with Crippen LogP contribution in [-0.4, -0.2) is 18.0 Å². The summed E-state index contributed by atoms with van der Waals surface area (Å²) >= 11 is 0. The summed E-state index contributed by atoms with van der Waals surface area (Å²) in [5, 5.41) is 0. The van der Waals surface area contributed by atoms with Gasteiger partial charge in [-0.1, -0.05) is 49.6 Å². The summed E-state index contributed by atoms with van der Waals surface area (Å²) in [6, 6.07) is 11.2. The number of carbonyl (C=O) groups excluding carboxylic acids is 1. The third-order valence-electron chi connectivity index (χ3n) is 5.48. The molecule has 2 aliphatic rings. The van der Waals surface area contributed by atoms with E-state index in [-0.39, 0.29) is 5.56 Å². The molecule has 0 aromatic heterocycles. The smallest absolute Gasteiger partial charge is 0.421 e.